The van der Waals surface area contributed by atoms with Gasteiger partial charge in [0, 0.05) is 11.6 Å². The highest BCUT2D eigenvalue weighted by Gasteiger charge is 2.53. The summed E-state index contributed by atoms with van der Waals surface area (Å²) in [6, 6.07) is 34.8. The van der Waals surface area contributed by atoms with Gasteiger partial charge in [0.15, 0.2) is 18.9 Å². The van der Waals surface area contributed by atoms with E-state index >= 15 is 0 Å². The topological polar surface area (TPSA) is 164 Å². The quantitative estimate of drug-likeness (QED) is 0.0574. The lowest BCUT2D eigenvalue weighted by Crippen LogP contribution is -2.41. The first-order chi connectivity index (χ1) is 37.4. The molecule has 2 fully saturated rings. The molecule has 0 N–H and O–H groups in total. The molecule has 0 spiro atoms. The largest absolute Gasteiger partial charge is 0.495 e. The highest BCUT2D eigenvalue weighted by molar-refractivity contribution is 6.63. The van der Waals surface area contributed by atoms with E-state index in [0.29, 0.717) is 52.8 Å². The van der Waals surface area contributed by atoms with Gasteiger partial charge in [-0.3, -0.25) is 14.4 Å². The standard InChI is InChI=1S/C29H26N2O5.C26H36B2O4.C7H6ClNO2/c1-18-22(17-36-27-14-12-21(16-33)29(31-27)35-4)7-5-8-23(18)24-9-6-10-25(19(24)2)26-13-11-20(15-32)28(30-26)34-3;1-17-19(13-11-15-21(17)27-29-23(3,4)24(5,6)30-27)20-14-12-16-22(18(20)2)28-31-25(7,8)26(9,10)32-28;1-11-7-5(4-10)2-3-6(8)9-7/h5-16H,17H2,1-4H3;11-16H,1-10H3;2-4H,1H3. The van der Waals surface area contributed by atoms with E-state index in [1.165, 1.54) is 49.6 Å². The zero-order valence-corrected chi connectivity index (χ0v) is 48.5. The average Bonchev–Trinajstić information content (AvgIpc) is 3.87. The number of methoxy groups -OCH3 is 3. The van der Waals surface area contributed by atoms with Gasteiger partial charge in [0.25, 0.3) is 0 Å². The van der Waals surface area contributed by atoms with Gasteiger partial charge >= 0.3 is 14.2 Å². The fraction of sp³-hybridized carbons (Fsp3) is 0.323. The van der Waals surface area contributed by atoms with Crippen LogP contribution in [0.2, 0.25) is 5.15 Å². The third kappa shape index (κ3) is 12.6. The molecule has 0 unspecified atom stereocenters. The van der Waals surface area contributed by atoms with Crippen LogP contribution in [0.25, 0.3) is 33.5 Å². The second-order valence-corrected chi connectivity index (χ2v) is 21.6. The van der Waals surface area contributed by atoms with Crippen molar-refractivity contribution in [1.82, 2.24) is 15.0 Å². The van der Waals surface area contributed by atoms with Crippen molar-refractivity contribution in [1.29, 1.82) is 0 Å². The molecule has 4 aromatic carbocycles. The van der Waals surface area contributed by atoms with Gasteiger partial charge in [-0.2, -0.15) is 4.98 Å². The number of nitrogens with zero attached hydrogens (tertiary/aromatic N) is 3. The van der Waals surface area contributed by atoms with Crippen LogP contribution < -0.4 is 29.9 Å². The average molecular weight is 1090 g/mol. The number of pyridine rings is 3. The smallest absolute Gasteiger partial charge is 0.480 e. The van der Waals surface area contributed by atoms with Crippen LogP contribution in [-0.4, -0.2) is 91.8 Å². The third-order valence-corrected chi connectivity index (χ3v) is 15.6. The number of ether oxygens (including phenoxy) is 4. The van der Waals surface area contributed by atoms with Crippen molar-refractivity contribution in [2.75, 3.05) is 21.3 Å². The summed E-state index contributed by atoms with van der Waals surface area (Å²) in [4.78, 5) is 45.3. The summed E-state index contributed by atoms with van der Waals surface area (Å²) in [6.07, 6.45) is 2.10. The molecule has 0 amide bonds. The molecule has 2 saturated heterocycles. The second-order valence-electron chi connectivity index (χ2n) is 21.2. The van der Waals surface area contributed by atoms with E-state index in [9.17, 15) is 14.4 Å². The number of halogens is 1. The van der Waals surface area contributed by atoms with Crippen molar-refractivity contribution >= 4 is 55.6 Å². The Hall–Kier alpha value is -7.20. The lowest BCUT2D eigenvalue weighted by Gasteiger charge is -2.32. The van der Waals surface area contributed by atoms with Gasteiger partial charge in [0.05, 0.1) is 66.1 Å². The molecule has 9 rings (SSSR count). The Morgan fingerprint density at radius 3 is 1.30 bits per heavy atom. The minimum absolute atomic E-state index is 0.229. The SMILES string of the molecule is COc1nc(Cl)ccc1C=O.COc1nc(OCc2cccc(-c3cccc(-c4ccc(C=O)c(OC)n4)c3C)c2C)ccc1C=O.Cc1c(B2OC(C)(C)C(C)(C)O2)cccc1-c1cccc(B2OC(C)(C)C(C)(C)O2)c1C. The molecule has 5 heterocycles. The number of hydrogen-bond donors (Lipinski definition) is 0. The normalized spacial score (nSPS) is 15.4. The zero-order valence-electron chi connectivity index (χ0n) is 47.7. The van der Waals surface area contributed by atoms with E-state index in [4.69, 9.17) is 49.2 Å². The minimum atomic E-state index is -0.383. The number of carbonyl (C=O) groups is 3. The maximum atomic E-state index is 11.3. The Morgan fingerprint density at radius 2 is 0.835 bits per heavy atom. The van der Waals surface area contributed by atoms with Gasteiger partial charge in [-0.05, 0) is 174 Å². The van der Waals surface area contributed by atoms with Gasteiger partial charge < -0.3 is 37.6 Å². The fourth-order valence-corrected chi connectivity index (χ4v) is 9.27. The number of aldehydes is 3. The van der Waals surface area contributed by atoms with Crippen molar-refractivity contribution in [3.63, 3.8) is 0 Å². The van der Waals surface area contributed by atoms with Gasteiger partial charge in [-0.25, -0.2) is 9.97 Å². The number of carbonyl (C=O) groups excluding carboxylic acids is 3. The Kier molecular flexibility index (Phi) is 18.4. The summed E-state index contributed by atoms with van der Waals surface area (Å²) in [5.74, 6) is 1.16. The summed E-state index contributed by atoms with van der Waals surface area (Å²) >= 11 is 5.55. The first-order valence-corrected chi connectivity index (χ1v) is 26.2. The molecule has 2 aliphatic heterocycles. The molecule has 0 radical (unpaired) electrons. The molecule has 17 heteroatoms. The van der Waals surface area contributed by atoms with Crippen LogP contribution in [0.15, 0.2) is 109 Å². The molecule has 7 aromatic rings. The first kappa shape index (κ1) is 59.5. The highest BCUT2D eigenvalue weighted by Crippen LogP contribution is 2.40. The fourth-order valence-electron chi connectivity index (χ4n) is 9.13. The minimum Gasteiger partial charge on any atom is -0.480 e. The summed E-state index contributed by atoms with van der Waals surface area (Å²) in [6.45, 7) is 25.4. The lowest BCUT2D eigenvalue weighted by molar-refractivity contribution is 0.00578. The maximum Gasteiger partial charge on any atom is 0.495 e. The first-order valence-electron chi connectivity index (χ1n) is 25.8. The Labute approximate surface area is 469 Å². The summed E-state index contributed by atoms with van der Waals surface area (Å²) in [5, 5.41) is 0.312. The molecule has 3 aromatic heterocycles. The van der Waals surface area contributed by atoms with Crippen LogP contribution >= 0.6 is 11.6 Å². The van der Waals surface area contributed by atoms with Crippen molar-refractivity contribution in [3.8, 4) is 57.0 Å². The molecular formula is C62H68B2ClN3O11. The van der Waals surface area contributed by atoms with Crippen LogP contribution in [0.3, 0.4) is 0 Å². The Bertz CT molecular complexity index is 3270. The zero-order chi connectivity index (χ0) is 57.6. The molecule has 0 atom stereocenters. The molecule has 0 aliphatic carbocycles. The maximum absolute atomic E-state index is 11.3. The van der Waals surface area contributed by atoms with Gasteiger partial charge in [0.2, 0.25) is 23.5 Å². The van der Waals surface area contributed by atoms with Crippen molar-refractivity contribution in [2.24, 2.45) is 0 Å². The van der Waals surface area contributed by atoms with Crippen molar-refractivity contribution in [3.05, 3.63) is 159 Å². The molecule has 410 valence electrons. The summed E-state index contributed by atoms with van der Waals surface area (Å²) in [5.41, 5.74) is 13.5. The van der Waals surface area contributed by atoms with Crippen LogP contribution in [-0.2, 0) is 25.2 Å². The van der Waals surface area contributed by atoms with Crippen LogP contribution in [0.4, 0.5) is 0 Å². The lowest BCUT2D eigenvalue weighted by atomic mass is 9.72. The van der Waals surface area contributed by atoms with E-state index in [0.717, 1.165) is 56.3 Å². The predicted molar refractivity (Wildman–Crippen MR) is 311 cm³/mol. The van der Waals surface area contributed by atoms with E-state index < -0.39 is 0 Å². The monoisotopic (exact) mass is 1090 g/mol. The van der Waals surface area contributed by atoms with Crippen molar-refractivity contribution < 1.29 is 51.9 Å². The Balaban J connectivity index is 0.000000193. The van der Waals surface area contributed by atoms with Crippen LogP contribution in [0.1, 0.15) is 114 Å². The molecular weight excluding hydrogens is 1020 g/mol. The highest BCUT2D eigenvalue weighted by atomic mass is 35.5. The van der Waals surface area contributed by atoms with Crippen LogP contribution in [0.5, 0.6) is 23.5 Å². The van der Waals surface area contributed by atoms with Gasteiger partial charge in [0.1, 0.15) is 11.8 Å². The molecule has 14 nitrogen and oxygen atoms in total. The van der Waals surface area contributed by atoms with E-state index in [1.54, 1.807) is 24.3 Å². The summed E-state index contributed by atoms with van der Waals surface area (Å²) < 4.78 is 46.5. The number of aromatic nitrogens is 3. The van der Waals surface area contributed by atoms with Crippen LogP contribution in [0, 0.1) is 27.7 Å². The molecule has 79 heavy (non-hydrogen) atoms. The Morgan fingerprint density at radius 1 is 0.456 bits per heavy atom. The summed E-state index contributed by atoms with van der Waals surface area (Å²) in [7, 11) is 3.64. The van der Waals surface area contributed by atoms with Gasteiger partial charge in [-0.15, -0.1) is 0 Å². The second kappa shape index (κ2) is 24.4. The number of rotatable bonds is 14. The predicted octanol–water partition coefficient (Wildman–Crippen LogP) is 11.8. The van der Waals surface area contributed by atoms with Gasteiger partial charge in [-0.1, -0.05) is 84.4 Å². The van der Waals surface area contributed by atoms with E-state index in [-0.39, 0.29) is 48.4 Å². The molecule has 0 saturated carbocycles. The molecule has 0 bridgehead atoms. The number of hydrogen-bond acceptors (Lipinski definition) is 14. The van der Waals surface area contributed by atoms with E-state index in [1.807, 2.05) is 30.3 Å². The van der Waals surface area contributed by atoms with E-state index in [2.05, 4.69) is 147 Å². The third-order valence-electron chi connectivity index (χ3n) is 15.3. The number of benzene rings is 4. The van der Waals surface area contributed by atoms with Crippen molar-refractivity contribution in [2.45, 2.75) is 112 Å². The molecule has 2 aliphatic rings.